The van der Waals surface area contributed by atoms with Crippen LogP contribution in [0.15, 0.2) is 18.5 Å². The summed E-state index contributed by atoms with van der Waals surface area (Å²) in [6.07, 6.45) is 4.14. The molecule has 1 aliphatic rings. The number of nitrogens with zero attached hydrogens (tertiary/aromatic N) is 3. The van der Waals surface area contributed by atoms with Crippen LogP contribution in [0, 0.1) is 5.92 Å². The van der Waals surface area contributed by atoms with Crippen LogP contribution in [0.25, 0.3) is 11.0 Å². The predicted octanol–water partition coefficient (Wildman–Crippen LogP) is 1.16. The molecule has 1 aliphatic carbocycles. The maximum Gasteiger partial charge on any atom is 0.307 e. The highest BCUT2D eigenvalue weighted by molar-refractivity contribution is 5.77. The van der Waals surface area contributed by atoms with Gasteiger partial charge in [-0.3, -0.25) is 9.78 Å². The molecule has 1 saturated carbocycles. The zero-order valence-corrected chi connectivity index (χ0v) is 8.79. The monoisotopic (exact) mass is 217 g/mol. The summed E-state index contributed by atoms with van der Waals surface area (Å²) >= 11 is 0. The van der Waals surface area contributed by atoms with E-state index < -0.39 is 5.97 Å². The predicted molar refractivity (Wildman–Crippen MR) is 57.0 cm³/mol. The number of hydrogen-bond donors (Lipinski definition) is 1. The molecule has 2 unspecified atom stereocenters. The molecule has 2 aromatic heterocycles. The van der Waals surface area contributed by atoms with E-state index in [2.05, 4.69) is 9.97 Å². The Bertz CT molecular complexity index is 576. The van der Waals surface area contributed by atoms with E-state index in [1.54, 1.807) is 12.4 Å². The fourth-order valence-electron chi connectivity index (χ4n) is 2.14. The Balaban J connectivity index is 2.06. The molecule has 0 radical (unpaired) electrons. The highest BCUT2D eigenvalue weighted by Crippen LogP contribution is 2.47. The van der Waals surface area contributed by atoms with E-state index in [1.165, 1.54) is 0 Å². The van der Waals surface area contributed by atoms with E-state index in [4.69, 9.17) is 5.11 Å². The third-order valence-corrected chi connectivity index (χ3v) is 3.16. The van der Waals surface area contributed by atoms with Gasteiger partial charge in [0.2, 0.25) is 0 Å². The molecule has 2 heterocycles. The quantitative estimate of drug-likeness (QED) is 0.819. The van der Waals surface area contributed by atoms with Crippen LogP contribution in [0.4, 0.5) is 0 Å². The van der Waals surface area contributed by atoms with Crippen molar-refractivity contribution in [1.82, 2.24) is 14.5 Å². The van der Waals surface area contributed by atoms with Gasteiger partial charge < -0.3 is 9.67 Å². The van der Waals surface area contributed by atoms with Gasteiger partial charge in [0.1, 0.15) is 5.82 Å². The first-order valence-corrected chi connectivity index (χ1v) is 5.17. The lowest BCUT2D eigenvalue weighted by atomic mass is 10.3. The standard InChI is InChI=1S/C11H11N3O2/c1-14-9-5-12-3-2-8(9)13-10(14)6-4-7(6)11(15)16/h2-3,5-7H,4H2,1H3,(H,15,16). The number of carbonyl (C=O) groups is 1. The van der Waals surface area contributed by atoms with Crippen LogP contribution in [0.3, 0.4) is 0 Å². The molecule has 0 spiro atoms. The zero-order valence-electron chi connectivity index (χ0n) is 8.79. The van der Waals surface area contributed by atoms with Crippen molar-refractivity contribution in [3.63, 3.8) is 0 Å². The van der Waals surface area contributed by atoms with Crippen molar-refractivity contribution in [2.45, 2.75) is 12.3 Å². The lowest BCUT2D eigenvalue weighted by molar-refractivity contribution is -0.138. The van der Waals surface area contributed by atoms with Gasteiger partial charge in [-0.2, -0.15) is 0 Å². The molecule has 3 rings (SSSR count). The van der Waals surface area contributed by atoms with Gasteiger partial charge in [-0.1, -0.05) is 0 Å². The SMILES string of the molecule is Cn1c(C2CC2C(=O)O)nc2ccncc21. The summed E-state index contributed by atoms with van der Waals surface area (Å²) in [6.45, 7) is 0. The van der Waals surface area contributed by atoms with Crippen LogP contribution in [-0.4, -0.2) is 25.6 Å². The van der Waals surface area contributed by atoms with Gasteiger partial charge in [0, 0.05) is 19.2 Å². The molecule has 2 atom stereocenters. The molecular formula is C11H11N3O2. The number of fused-ring (bicyclic) bond motifs is 1. The van der Waals surface area contributed by atoms with Gasteiger partial charge in [-0.15, -0.1) is 0 Å². The van der Waals surface area contributed by atoms with Gasteiger partial charge in [-0.05, 0) is 12.5 Å². The highest BCUT2D eigenvalue weighted by Gasteiger charge is 2.46. The molecule has 2 aromatic rings. The van der Waals surface area contributed by atoms with Gasteiger partial charge in [0.05, 0.1) is 23.1 Å². The van der Waals surface area contributed by atoms with Crippen LogP contribution in [0.5, 0.6) is 0 Å². The second-order valence-corrected chi connectivity index (χ2v) is 4.18. The normalized spacial score (nSPS) is 23.6. The lowest BCUT2D eigenvalue weighted by Gasteiger charge is -1.99. The number of pyridine rings is 1. The summed E-state index contributed by atoms with van der Waals surface area (Å²) in [5.74, 6) is -0.0658. The first-order chi connectivity index (χ1) is 7.68. The lowest BCUT2D eigenvalue weighted by Crippen LogP contribution is -2.02. The third kappa shape index (κ3) is 1.21. The Morgan fingerprint density at radius 2 is 2.44 bits per heavy atom. The van der Waals surface area contributed by atoms with E-state index >= 15 is 0 Å². The van der Waals surface area contributed by atoms with Crippen LogP contribution in [0.1, 0.15) is 18.2 Å². The van der Waals surface area contributed by atoms with E-state index in [1.807, 2.05) is 17.7 Å². The van der Waals surface area contributed by atoms with E-state index in [0.717, 1.165) is 16.9 Å². The molecule has 0 bridgehead atoms. The van der Waals surface area contributed by atoms with Crippen molar-refractivity contribution >= 4 is 17.0 Å². The Labute approximate surface area is 91.7 Å². The fraction of sp³-hybridized carbons (Fsp3) is 0.364. The van der Waals surface area contributed by atoms with Crippen LogP contribution in [-0.2, 0) is 11.8 Å². The number of aliphatic carboxylic acids is 1. The fourth-order valence-corrected chi connectivity index (χ4v) is 2.14. The van der Waals surface area contributed by atoms with E-state index in [9.17, 15) is 4.79 Å². The molecule has 0 aromatic carbocycles. The first kappa shape index (κ1) is 9.33. The maximum absolute atomic E-state index is 10.8. The average molecular weight is 217 g/mol. The van der Waals surface area contributed by atoms with Crippen molar-refractivity contribution in [2.75, 3.05) is 0 Å². The molecular weight excluding hydrogens is 206 g/mol. The van der Waals surface area contributed by atoms with Crippen molar-refractivity contribution in [3.05, 3.63) is 24.3 Å². The number of aryl methyl sites for hydroxylation is 1. The van der Waals surface area contributed by atoms with Gasteiger partial charge >= 0.3 is 5.97 Å². The summed E-state index contributed by atoms with van der Waals surface area (Å²) in [7, 11) is 1.91. The van der Waals surface area contributed by atoms with E-state index in [-0.39, 0.29) is 11.8 Å². The number of carboxylic acids is 1. The van der Waals surface area contributed by atoms with Gasteiger partial charge in [0.25, 0.3) is 0 Å². The molecule has 1 fully saturated rings. The number of hydrogen-bond acceptors (Lipinski definition) is 3. The smallest absolute Gasteiger partial charge is 0.307 e. The summed E-state index contributed by atoms with van der Waals surface area (Å²) < 4.78 is 1.94. The molecule has 1 N–H and O–H groups in total. The number of rotatable bonds is 2. The molecule has 16 heavy (non-hydrogen) atoms. The number of aromatic nitrogens is 3. The average Bonchev–Trinajstić information content (AvgIpc) is 3.00. The second kappa shape index (κ2) is 3.04. The van der Waals surface area contributed by atoms with Crippen LogP contribution >= 0.6 is 0 Å². The molecule has 0 aliphatic heterocycles. The Morgan fingerprint density at radius 1 is 1.62 bits per heavy atom. The van der Waals surface area contributed by atoms with Crippen molar-refractivity contribution < 1.29 is 9.90 Å². The third-order valence-electron chi connectivity index (χ3n) is 3.16. The summed E-state index contributed by atoms with van der Waals surface area (Å²) in [6, 6.07) is 1.84. The van der Waals surface area contributed by atoms with Crippen LogP contribution < -0.4 is 0 Å². The largest absolute Gasteiger partial charge is 0.481 e. The Morgan fingerprint density at radius 3 is 3.06 bits per heavy atom. The van der Waals surface area contributed by atoms with Crippen molar-refractivity contribution in [3.8, 4) is 0 Å². The van der Waals surface area contributed by atoms with Crippen molar-refractivity contribution in [2.24, 2.45) is 13.0 Å². The van der Waals surface area contributed by atoms with Gasteiger partial charge in [-0.25, -0.2) is 4.98 Å². The summed E-state index contributed by atoms with van der Waals surface area (Å²) in [5.41, 5.74) is 1.83. The molecule has 5 heteroatoms. The summed E-state index contributed by atoms with van der Waals surface area (Å²) in [5, 5.41) is 8.90. The van der Waals surface area contributed by atoms with Crippen LogP contribution in [0.2, 0.25) is 0 Å². The number of imidazole rings is 1. The van der Waals surface area contributed by atoms with Gasteiger partial charge in [0.15, 0.2) is 0 Å². The van der Waals surface area contributed by atoms with E-state index in [0.29, 0.717) is 6.42 Å². The minimum absolute atomic E-state index is 0.0647. The Hall–Kier alpha value is -1.91. The topological polar surface area (TPSA) is 68.0 Å². The summed E-state index contributed by atoms with van der Waals surface area (Å²) in [4.78, 5) is 19.3. The molecule has 0 amide bonds. The zero-order chi connectivity index (χ0) is 11.3. The molecule has 82 valence electrons. The Kier molecular flexibility index (Phi) is 1.77. The minimum atomic E-state index is -0.727. The first-order valence-electron chi connectivity index (χ1n) is 5.17. The van der Waals surface area contributed by atoms with Crippen molar-refractivity contribution in [1.29, 1.82) is 0 Å². The molecule has 0 saturated heterocycles. The number of carboxylic acid groups (broad SMARTS) is 1. The minimum Gasteiger partial charge on any atom is -0.481 e. The molecule has 5 nitrogen and oxygen atoms in total. The maximum atomic E-state index is 10.8. The highest BCUT2D eigenvalue weighted by atomic mass is 16.4. The second-order valence-electron chi connectivity index (χ2n) is 4.18.